The van der Waals surface area contributed by atoms with Gasteiger partial charge in [-0.1, -0.05) is 54.6 Å². The molecule has 0 spiro atoms. The Kier molecular flexibility index (Phi) is 13.3. The lowest BCUT2D eigenvalue weighted by molar-refractivity contribution is -0.134. The first-order chi connectivity index (χ1) is 19.5. The Hall–Kier alpha value is -3.59. The van der Waals surface area contributed by atoms with Crippen molar-refractivity contribution in [3.8, 4) is 11.1 Å². The summed E-state index contributed by atoms with van der Waals surface area (Å²) in [7, 11) is 3.59. The Morgan fingerprint density at radius 1 is 0.925 bits per heavy atom. The average molecular weight is 550 g/mol. The second-order valence-electron chi connectivity index (χ2n) is 9.54. The maximum Gasteiger partial charge on any atom is 0.251 e. The maximum atomic E-state index is 12.4. The third-order valence-corrected chi connectivity index (χ3v) is 6.49. The van der Waals surface area contributed by atoms with Crippen LogP contribution in [0.4, 0.5) is 4.39 Å². The van der Waals surface area contributed by atoms with E-state index in [1.807, 2.05) is 61.6 Å². The van der Waals surface area contributed by atoms with Gasteiger partial charge in [0.1, 0.15) is 5.82 Å². The molecule has 7 nitrogen and oxygen atoms in total. The van der Waals surface area contributed by atoms with Crippen LogP contribution in [0, 0.1) is 5.82 Å². The van der Waals surface area contributed by atoms with E-state index >= 15 is 0 Å². The minimum absolute atomic E-state index is 0.0132. The van der Waals surface area contributed by atoms with E-state index in [2.05, 4.69) is 10.6 Å². The monoisotopic (exact) mass is 549 g/mol. The first-order valence-electron chi connectivity index (χ1n) is 13.7. The number of methoxy groups -OCH3 is 1. The summed E-state index contributed by atoms with van der Waals surface area (Å²) in [5, 5.41) is 5.63. The minimum atomic E-state index is -0.240. The second-order valence-corrected chi connectivity index (χ2v) is 9.54. The van der Waals surface area contributed by atoms with Gasteiger partial charge in [0.15, 0.2) is 0 Å². The van der Waals surface area contributed by atoms with Gasteiger partial charge in [0.2, 0.25) is 5.91 Å². The number of amides is 2. The number of carbonyl (C=O) groups excluding carboxylic acids is 2. The van der Waals surface area contributed by atoms with Gasteiger partial charge in [0.25, 0.3) is 5.91 Å². The normalized spacial score (nSPS) is 14.2. The molecule has 0 aromatic heterocycles. The number of nitrogens with zero attached hydrogens (tertiary/aromatic N) is 1. The van der Waals surface area contributed by atoms with Crippen molar-refractivity contribution < 1.29 is 23.5 Å². The van der Waals surface area contributed by atoms with E-state index in [4.69, 9.17) is 9.47 Å². The fourth-order valence-electron chi connectivity index (χ4n) is 3.98. The lowest BCUT2D eigenvalue weighted by Gasteiger charge is -2.26. The Bertz CT molecular complexity index is 1140. The number of benzene rings is 3. The van der Waals surface area contributed by atoms with Gasteiger partial charge < -0.3 is 25.0 Å². The molecule has 1 heterocycles. The molecule has 2 aliphatic rings. The zero-order valence-corrected chi connectivity index (χ0v) is 23.4. The molecular weight excluding hydrogens is 509 g/mol. The Balaban J connectivity index is 0.000000225. The molecule has 3 aromatic rings. The molecule has 1 aliphatic heterocycles. The lowest BCUT2D eigenvalue weighted by atomic mass is 10.0. The molecule has 0 unspecified atom stereocenters. The Morgan fingerprint density at radius 2 is 1.55 bits per heavy atom. The molecule has 2 amide bonds. The van der Waals surface area contributed by atoms with Crippen LogP contribution in [-0.2, 0) is 14.3 Å². The number of halogens is 1. The number of hydrogen-bond acceptors (Lipinski definition) is 5. The quantitative estimate of drug-likeness (QED) is 0.405. The third-order valence-electron chi connectivity index (χ3n) is 6.49. The van der Waals surface area contributed by atoms with Crippen molar-refractivity contribution in [2.75, 3.05) is 60.2 Å². The molecule has 214 valence electrons. The average Bonchev–Trinajstić information content (AvgIpc) is 3.86. The second kappa shape index (κ2) is 17.2. The summed E-state index contributed by atoms with van der Waals surface area (Å²) < 4.78 is 22.3. The van der Waals surface area contributed by atoms with Crippen molar-refractivity contribution in [2.24, 2.45) is 0 Å². The largest absolute Gasteiger partial charge is 0.383 e. The van der Waals surface area contributed by atoms with Crippen LogP contribution < -0.4 is 10.6 Å². The molecule has 0 bridgehead atoms. The van der Waals surface area contributed by atoms with Crippen molar-refractivity contribution in [1.29, 1.82) is 0 Å². The van der Waals surface area contributed by atoms with Crippen LogP contribution in [0.2, 0.25) is 0 Å². The highest BCUT2D eigenvalue weighted by Gasteiger charge is 2.22. The highest BCUT2D eigenvalue weighted by molar-refractivity contribution is 5.96. The number of likely N-dealkylation sites (N-methyl/N-ethyl adjacent to an activating group) is 1. The molecule has 0 atom stereocenters. The summed E-state index contributed by atoms with van der Waals surface area (Å²) in [6, 6.07) is 24.2. The molecule has 40 heavy (non-hydrogen) atoms. The topological polar surface area (TPSA) is 79.9 Å². The van der Waals surface area contributed by atoms with E-state index in [9.17, 15) is 14.0 Å². The van der Waals surface area contributed by atoms with E-state index in [0.717, 1.165) is 30.2 Å². The van der Waals surface area contributed by atoms with Crippen molar-refractivity contribution in [3.63, 3.8) is 0 Å². The zero-order chi connectivity index (χ0) is 28.6. The van der Waals surface area contributed by atoms with Gasteiger partial charge in [-0.15, -0.1) is 0 Å². The molecule has 1 saturated carbocycles. The number of nitrogens with one attached hydrogen (secondary N) is 2. The Morgan fingerprint density at radius 3 is 2.10 bits per heavy atom. The van der Waals surface area contributed by atoms with E-state index < -0.39 is 0 Å². The van der Waals surface area contributed by atoms with Crippen molar-refractivity contribution in [2.45, 2.75) is 18.8 Å². The summed E-state index contributed by atoms with van der Waals surface area (Å²) >= 11 is 0. The molecule has 1 saturated heterocycles. The number of hydrogen-bond donors (Lipinski definition) is 2. The van der Waals surface area contributed by atoms with Crippen molar-refractivity contribution in [3.05, 3.63) is 95.8 Å². The fourth-order valence-corrected chi connectivity index (χ4v) is 3.98. The van der Waals surface area contributed by atoms with Gasteiger partial charge in [0, 0.05) is 32.3 Å². The predicted octanol–water partition coefficient (Wildman–Crippen LogP) is 4.50. The summed E-state index contributed by atoms with van der Waals surface area (Å²) in [6.07, 6.45) is 2.57. The van der Waals surface area contributed by atoms with E-state index in [-0.39, 0.29) is 24.2 Å². The first-order valence-corrected chi connectivity index (χ1v) is 13.7. The van der Waals surface area contributed by atoms with Crippen molar-refractivity contribution in [1.82, 2.24) is 15.5 Å². The molecule has 8 heteroatoms. The molecular formula is C32H40FN3O4. The van der Waals surface area contributed by atoms with Crippen LogP contribution in [0.15, 0.2) is 78.9 Å². The predicted molar refractivity (Wildman–Crippen MR) is 156 cm³/mol. The maximum absolute atomic E-state index is 12.4. The summed E-state index contributed by atoms with van der Waals surface area (Å²) in [4.78, 5) is 25.9. The van der Waals surface area contributed by atoms with Crippen molar-refractivity contribution >= 4 is 11.8 Å². The van der Waals surface area contributed by atoms with Crippen LogP contribution in [0.1, 0.15) is 34.7 Å². The molecule has 3 aromatic carbocycles. The number of rotatable bonds is 8. The minimum Gasteiger partial charge on any atom is -0.383 e. The van der Waals surface area contributed by atoms with Gasteiger partial charge in [-0.2, -0.15) is 0 Å². The first kappa shape index (κ1) is 30.9. The molecule has 2 N–H and O–H groups in total. The summed E-state index contributed by atoms with van der Waals surface area (Å²) in [5.74, 6) is 0.286. The van der Waals surface area contributed by atoms with E-state index in [1.54, 1.807) is 24.1 Å². The van der Waals surface area contributed by atoms with Gasteiger partial charge in [0.05, 0.1) is 26.4 Å². The number of ether oxygens (including phenoxy) is 2. The molecule has 1 aliphatic carbocycles. The highest BCUT2D eigenvalue weighted by atomic mass is 19.1. The number of morpholine rings is 1. The van der Waals surface area contributed by atoms with E-state index in [1.165, 1.54) is 30.5 Å². The fraction of sp³-hybridized carbons (Fsp3) is 0.375. The van der Waals surface area contributed by atoms with Gasteiger partial charge in [-0.05, 0) is 66.8 Å². The SMILES string of the molecule is CNCCOC.Fc1ccc(C2CC2)cc1.O=C(NCC(=O)N1CCOCC1)c1ccc(-c2ccccc2)cc1. The third kappa shape index (κ3) is 10.9. The number of carbonyl (C=O) groups is 2. The van der Waals surface area contributed by atoms with Crippen LogP contribution in [0.5, 0.6) is 0 Å². The van der Waals surface area contributed by atoms with E-state index in [0.29, 0.717) is 31.9 Å². The molecule has 0 radical (unpaired) electrons. The van der Waals surface area contributed by atoms with Gasteiger partial charge >= 0.3 is 0 Å². The van der Waals surface area contributed by atoms with Gasteiger partial charge in [-0.25, -0.2) is 4.39 Å². The summed E-state index contributed by atoms with van der Waals surface area (Å²) in [5.41, 5.74) is 3.99. The van der Waals surface area contributed by atoms with Crippen LogP contribution >= 0.6 is 0 Å². The Labute approximate surface area is 236 Å². The van der Waals surface area contributed by atoms with Gasteiger partial charge in [-0.3, -0.25) is 9.59 Å². The highest BCUT2D eigenvalue weighted by Crippen LogP contribution is 2.39. The van der Waals surface area contributed by atoms with Crippen LogP contribution in [0.3, 0.4) is 0 Å². The lowest BCUT2D eigenvalue weighted by Crippen LogP contribution is -2.45. The molecule has 2 fully saturated rings. The van der Waals surface area contributed by atoms with Crippen LogP contribution in [-0.4, -0.2) is 76.9 Å². The van der Waals surface area contributed by atoms with Crippen LogP contribution in [0.25, 0.3) is 11.1 Å². The smallest absolute Gasteiger partial charge is 0.251 e. The molecule has 5 rings (SSSR count). The zero-order valence-electron chi connectivity index (χ0n) is 23.4. The summed E-state index contributed by atoms with van der Waals surface area (Å²) in [6.45, 7) is 4.04. The standard InChI is InChI=1S/C19H20N2O3.C9H9F.C4H11NO/c22-18(21-10-12-24-13-11-21)14-20-19(23)17-8-6-16(7-9-17)15-4-2-1-3-5-15;10-9-5-3-8(4-6-9)7-1-2-7;1-5-3-4-6-2/h1-9H,10-14H2,(H,20,23);3-7H,1-2H2;5H,3-4H2,1-2H3.